The third-order valence-corrected chi connectivity index (χ3v) is 9.49. The fourth-order valence-electron chi connectivity index (χ4n) is 6.78. The Morgan fingerprint density at radius 2 is 1.87 bits per heavy atom. The summed E-state index contributed by atoms with van der Waals surface area (Å²) in [6, 6.07) is 8.06. The summed E-state index contributed by atoms with van der Waals surface area (Å²) in [6.45, 7) is 17.5. The van der Waals surface area contributed by atoms with E-state index in [1.807, 2.05) is 51.8 Å². The lowest BCUT2D eigenvalue weighted by Crippen LogP contribution is -2.66. The number of rotatable bonds is 7. The maximum atomic E-state index is 14.2. The van der Waals surface area contributed by atoms with Crippen LogP contribution in [-0.4, -0.2) is 119 Å². The molecule has 2 saturated heterocycles. The van der Waals surface area contributed by atoms with E-state index < -0.39 is 11.1 Å². The number of morpholine rings is 1. The summed E-state index contributed by atoms with van der Waals surface area (Å²) in [7, 11) is 0. The number of fused-ring (bicyclic) bond motifs is 1. The first-order chi connectivity index (χ1) is 21.6. The lowest BCUT2D eigenvalue weighted by molar-refractivity contribution is -0.123. The first-order valence-electron chi connectivity index (χ1n) is 16.3. The monoisotopic (exact) mass is 639 g/mol. The highest BCUT2D eigenvalue weighted by atomic mass is 19.1. The Hall–Kier alpha value is -3.12. The fourth-order valence-corrected chi connectivity index (χ4v) is 6.78. The van der Waals surface area contributed by atoms with Crippen molar-refractivity contribution in [2.75, 3.05) is 64.0 Å². The third-order valence-electron chi connectivity index (χ3n) is 9.49. The van der Waals surface area contributed by atoms with Gasteiger partial charge in [0.05, 0.1) is 37.6 Å². The zero-order chi connectivity index (χ0) is 33.4. The number of aliphatic hydroxyl groups excluding tert-OH is 1. The second-order valence-corrected chi connectivity index (χ2v) is 15.1. The number of benzene rings is 1. The van der Waals surface area contributed by atoms with E-state index in [1.54, 1.807) is 17.0 Å². The van der Waals surface area contributed by atoms with Gasteiger partial charge in [-0.15, -0.1) is 0 Å². The van der Waals surface area contributed by atoms with Crippen molar-refractivity contribution in [2.45, 2.75) is 83.5 Å². The summed E-state index contributed by atoms with van der Waals surface area (Å²) in [5, 5.41) is 10.3. The molecule has 2 amide bonds. The van der Waals surface area contributed by atoms with Crippen molar-refractivity contribution in [1.82, 2.24) is 19.7 Å². The molecule has 4 heterocycles. The van der Waals surface area contributed by atoms with Crippen LogP contribution in [0.2, 0.25) is 0 Å². The standard InChI is InChI=1S/C35H50FN5O5/c1-24-17-38(28(19-40(24)32(44)46-33(2,3)4)18-39-12-13-45-23-35(39,7)22-42)20-31(43)41-21-34(5,6)29-16-37-27(15-30(29)41)14-25-8-10-26(36)11-9-25/h8-11,15-16,24,28,42H,12-14,17-23H2,1-7H3/t24-,28+,35?/m1/s1. The number of carbonyl (C=O) groups is 2. The Balaban J connectivity index is 1.38. The van der Waals surface area contributed by atoms with E-state index in [0.29, 0.717) is 52.4 Å². The number of pyridine rings is 1. The molecule has 0 saturated carbocycles. The molecule has 0 bridgehead atoms. The van der Waals surface area contributed by atoms with Crippen LogP contribution in [0.1, 0.15) is 65.3 Å². The van der Waals surface area contributed by atoms with Crippen LogP contribution in [0.25, 0.3) is 0 Å². The minimum atomic E-state index is -0.626. The molecule has 1 aromatic heterocycles. The van der Waals surface area contributed by atoms with Gasteiger partial charge in [0, 0.05) is 74.1 Å². The molecule has 3 aliphatic heterocycles. The van der Waals surface area contributed by atoms with Crippen molar-refractivity contribution < 1.29 is 28.6 Å². The third kappa shape index (κ3) is 7.54. The molecular formula is C35H50FN5O5. The van der Waals surface area contributed by atoms with Crippen LogP contribution in [-0.2, 0) is 26.1 Å². The molecule has 1 unspecified atom stereocenters. The molecule has 2 fully saturated rings. The molecule has 0 aliphatic carbocycles. The summed E-state index contributed by atoms with van der Waals surface area (Å²) in [6.07, 6.45) is 2.05. The van der Waals surface area contributed by atoms with Crippen molar-refractivity contribution in [3.8, 4) is 0 Å². The first-order valence-corrected chi connectivity index (χ1v) is 16.3. The van der Waals surface area contributed by atoms with E-state index in [0.717, 1.165) is 22.5 Å². The summed E-state index contributed by atoms with van der Waals surface area (Å²) in [5.41, 5.74) is 2.19. The molecule has 0 radical (unpaired) electrons. The van der Waals surface area contributed by atoms with E-state index in [-0.39, 0.29) is 48.5 Å². The van der Waals surface area contributed by atoms with Gasteiger partial charge in [0.1, 0.15) is 11.4 Å². The topological polar surface area (TPSA) is 98.7 Å². The number of aromatic nitrogens is 1. The van der Waals surface area contributed by atoms with Gasteiger partial charge in [0.2, 0.25) is 5.91 Å². The highest BCUT2D eigenvalue weighted by molar-refractivity contribution is 5.97. The maximum Gasteiger partial charge on any atom is 0.410 e. The van der Waals surface area contributed by atoms with Crippen molar-refractivity contribution in [3.05, 3.63) is 59.2 Å². The number of amides is 2. The minimum Gasteiger partial charge on any atom is -0.444 e. The van der Waals surface area contributed by atoms with E-state index >= 15 is 0 Å². The SMILES string of the molecule is C[C@@H]1CN(CC(=O)N2CC(C)(C)c3cnc(Cc4ccc(F)cc4)cc32)[C@@H](CN2CCOCC2(C)CO)CN1C(=O)OC(C)(C)C. The Morgan fingerprint density at radius 1 is 1.15 bits per heavy atom. The molecule has 3 aliphatic rings. The molecule has 10 nitrogen and oxygen atoms in total. The maximum absolute atomic E-state index is 14.2. The number of aliphatic hydroxyl groups is 1. The number of hydrogen-bond donors (Lipinski definition) is 1. The minimum absolute atomic E-state index is 0.0134. The Kier molecular flexibility index (Phi) is 9.80. The molecule has 5 rings (SSSR count). The number of hydrogen-bond acceptors (Lipinski definition) is 8. The van der Waals surface area contributed by atoms with Crippen LogP contribution in [0.4, 0.5) is 14.9 Å². The molecule has 0 spiro atoms. The zero-order valence-electron chi connectivity index (χ0n) is 28.4. The first kappa shape index (κ1) is 34.2. The molecule has 3 atom stereocenters. The average molecular weight is 640 g/mol. The van der Waals surface area contributed by atoms with Crippen LogP contribution in [0.5, 0.6) is 0 Å². The normalized spacial score (nSPS) is 25.4. The zero-order valence-corrected chi connectivity index (χ0v) is 28.4. The summed E-state index contributed by atoms with van der Waals surface area (Å²) >= 11 is 0. The van der Waals surface area contributed by atoms with E-state index in [2.05, 4.69) is 23.6 Å². The van der Waals surface area contributed by atoms with Gasteiger partial charge in [-0.2, -0.15) is 0 Å². The van der Waals surface area contributed by atoms with Crippen LogP contribution in [0.15, 0.2) is 36.5 Å². The van der Waals surface area contributed by atoms with Gasteiger partial charge >= 0.3 is 6.09 Å². The van der Waals surface area contributed by atoms with Gasteiger partial charge in [-0.05, 0) is 58.4 Å². The fraction of sp³-hybridized carbons (Fsp3) is 0.629. The highest BCUT2D eigenvalue weighted by Gasteiger charge is 2.44. The smallest absolute Gasteiger partial charge is 0.410 e. The van der Waals surface area contributed by atoms with Crippen LogP contribution < -0.4 is 4.90 Å². The Bertz CT molecular complexity index is 1410. The van der Waals surface area contributed by atoms with Gasteiger partial charge in [0.15, 0.2) is 0 Å². The number of ether oxygens (including phenoxy) is 2. The average Bonchev–Trinajstić information content (AvgIpc) is 3.25. The summed E-state index contributed by atoms with van der Waals surface area (Å²) in [5.74, 6) is -0.293. The van der Waals surface area contributed by atoms with Gasteiger partial charge in [-0.25, -0.2) is 9.18 Å². The molecule has 1 N–H and O–H groups in total. The second-order valence-electron chi connectivity index (χ2n) is 15.1. The Labute approximate surface area is 272 Å². The van der Waals surface area contributed by atoms with E-state index in [4.69, 9.17) is 14.5 Å². The summed E-state index contributed by atoms with van der Waals surface area (Å²) < 4.78 is 25.0. The highest BCUT2D eigenvalue weighted by Crippen LogP contribution is 2.41. The van der Waals surface area contributed by atoms with E-state index in [9.17, 15) is 19.1 Å². The van der Waals surface area contributed by atoms with Crippen molar-refractivity contribution in [2.24, 2.45) is 0 Å². The summed E-state index contributed by atoms with van der Waals surface area (Å²) in [4.78, 5) is 40.3. The number of anilines is 1. The largest absolute Gasteiger partial charge is 0.444 e. The van der Waals surface area contributed by atoms with E-state index in [1.165, 1.54) is 12.1 Å². The predicted octanol–water partition coefficient (Wildman–Crippen LogP) is 3.83. The molecule has 2 aromatic rings. The molecule has 11 heteroatoms. The number of halogens is 1. The van der Waals surface area contributed by atoms with Gasteiger partial charge in [-0.1, -0.05) is 26.0 Å². The Morgan fingerprint density at radius 3 is 2.54 bits per heavy atom. The van der Waals surface area contributed by atoms with Crippen molar-refractivity contribution in [3.63, 3.8) is 0 Å². The lowest BCUT2D eigenvalue weighted by atomic mass is 9.88. The van der Waals surface area contributed by atoms with Crippen LogP contribution in [0.3, 0.4) is 0 Å². The van der Waals surface area contributed by atoms with Crippen LogP contribution in [0, 0.1) is 5.82 Å². The van der Waals surface area contributed by atoms with Gasteiger partial charge < -0.3 is 24.4 Å². The van der Waals surface area contributed by atoms with Crippen molar-refractivity contribution >= 4 is 17.7 Å². The van der Waals surface area contributed by atoms with Crippen LogP contribution >= 0.6 is 0 Å². The van der Waals surface area contributed by atoms with Crippen molar-refractivity contribution in [1.29, 1.82) is 0 Å². The molecular weight excluding hydrogens is 589 g/mol. The van der Waals surface area contributed by atoms with Gasteiger partial charge in [0.25, 0.3) is 0 Å². The number of piperazine rings is 1. The quantitative estimate of drug-likeness (QED) is 0.489. The number of carbonyl (C=O) groups excluding carboxylic acids is 2. The molecule has 252 valence electrons. The lowest BCUT2D eigenvalue weighted by Gasteiger charge is -2.50. The van der Waals surface area contributed by atoms with Gasteiger partial charge in [-0.3, -0.25) is 19.6 Å². The molecule has 46 heavy (non-hydrogen) atoms. The number of nitrogens with zero attached hydrogens (tertiary/aromatic N) is 5. The predicted molar refractivity (Wildman–Crippen MR) is 174 cm³/mol. The second kappa shape index (κ2) is 13.2. The molecule has 1 aromatic carbocycles.